The summed E-state index contributed by atoms with van der Waals surface area (Å²) in [5, 5.41) is 0.0923. The molecule has 0 unspecified atom stereocenters. The summed E-state index contributed by atoms with van der Waals surface area (Å²) in [5.74, 6) is -1.64. The van der Waals surface area contributed by atoms with Crippen LogP contribution in [0.15, 0.2) is 42.5 Å². The van der Waals surface area contributed by atoms with E-state index in [1.165, 1.54) is 6.07 Å². The number of halogens is 2. The Balaban J connectivity index is 2.17. The van der Waals surface area contributed by atoms with Crippen LogP contribution in [0.3, 0.4) is 0 Å². The van der Waals surface area contributed by atoms with Crippen LogP contribution in [0, 0.1) is 17.7 Å². The molecule has 0 aliphatic rings. The first-order valence-corrected chi connectivity index (χ1v) is 18.2. The van der Waals surface area contributed by atoms with Crippen molar-refractivity contribution in [3.63, 3.8) is 0 Å². The van der Waals surface area contributed by atoms with Gasteiger partial charge in [-0.1, -0.05) is 81.3 Å². The van der Waals surface area contributed by atoms with Crippen molar-refractivity contribution in [2.45, 2.75) is 97.5 Å². The molecule has 0 fully saturated rings. The molecular formula is C32H46ClFO4Si. The fourth-order valence-electron chi connectivity index (χ4n) is 4.30. The number of hydrogen-bond acceptors (Lipinski definition) is 4. The summed E-state index contributed by atoms with van der Waals surface area (Å²) in [6, 6.07) is 13.6. The molecule has 7 heteroatoms. The van der Waals surface area contributed by atoms with Crippen LogP contribution in [-0.2, 0) is 25.5 Å². The van der Waals surface area contributed by atoms with Crippen molar-refractivity contribution in [1.82, 2.24) is 0 Å². The zero-order valence-electron chi connectivity index (χ0n) is 24.7. The van der Waals surface area contributed by atoms with Gasteiger partial charge in [0.1, 0.15) is 11.4 Å². The van der Waals surface area contributed by atoms with Gasteiger partial charge < -0.3 is 9.47 Å². The largest absolute Gasteiger partial charge is 0.466 e. The van der Waals surface area contributed by atoms with Crippen LogP contribution in [0.4, 0.5) is 4.39 Å². The number of aryl methyl sites for hydroxylation is 1. The van der Waals surface area contributed by atoms with Crippen LogP contribution in [0.1, 0.15) is 65.4 Å². The number of hydrogen-bond donors (Lipinski definition) is 0. The topological polar surface area (TPSA) is 52.6 Å². The monoisotopic (exact) mass is 576 g/mol. The van der Waals surface area contributed by atoms with Gasteiger partial charge in [-0.15, -0.1) is 0 Å². The van der Waals surface area contributed by atoms with Crippen molar-refractivity contribution in [2.75, 3.05) is 6.61 Å². The Morgan fingerprint density at radius 2 is 1.56 bits per heavy atom. The minimum absolute atomic E-state index is 0.0923. The first-order chi connectivity index (χ1) is 18.2. The number of benzene rings is 2. The number of rotatable bonds is 14. The van der Waals surface area contributed by atoms with Gasteiger partial charge in [0, 0.05) is 8.07 Å². The maximum absolute atomic E-state index is 13.5. The van der Waals surface area contributed by atoms with E-state index in [9.17, 15) is 14.0 Å². The minimum Gasteiger partial charge on any atom is -0.466 e. The number of carbonyl (C=O) groups is 2. The Kier molecular flexibility index (Phi) is 12.7. The SMILES string of the molecule is CCCC[C@@H](C[C@@H](CCc1ccc(-c2ccc(F)c(Cl)c2)cc1)C(=O)OCC[Si](C)(C)C)C(=O)OC(C)(C)C. The van der Waals surface area contributed by atoms with Gasteiger partial charge in [-0.2, -0.15) is 0 Å². The molecule has 39 heavy (non-hydrogen) atoms. The average Bonchev–Trinajstić information content (AvgIpc) is 2.83. The maximum atomic E-state index is 13.5. The van der Waals surface area contributed by atoms with Gasteiger partial charge in [-0.3, -0.25) is 9.59 Å². The molecule has 2 atom stereocenters. The normalized spacial score (nSPS) is 13.6. The molecule has 2 rings (SSSR count). The summed E-state index contributed by atoms with van der Waals surface area (Å²) >= 11 is 5.95. The molecule has 0 bridgehead atoms. The highest BCUT2D eigenvalue weighted by Crippen LogP contribution is 2.29. The summed E-state index contributed by atoms with van der Waals surface area (Å²) in [7, 11) is -1.34. The molecule has 2 aromatic rings. The molecule has 0 aliphatic carbocycles. The average molecular weight is 577 g/mol. The van der Waals surface area contributed by atoms with Gasteiger partial charge in [-0.25, -0.2) is 4.39 Å². The molecule has 0 radical (unpaired) electrons. The van der Waals surface area contributed by atoms with E-state index >= 15 is 0 Å². The molecular weight excluding hydrogens is 531 g/mol. The zero-order chi connectivity index (χ0) is 29.2. The van der Waals surface area contributed by atoms with Crippen LogP contribution in [0.2, 0.25) is 30.7 Å². The number of unbranched alkanes of at least 4 members (excludes halogenated alkanes) is 1. The highest BCUT2D eigenvalue weighted by molar-refractivity contribution is 6.76. The van der Waals surface area contributed by atoms with Crippen LogP contribution >= 0.6 is 11.6 Å². The second-order valence-electron chi connectivity index (χ2n) is 12.6. The lowest BCUT2D eigenvalue weighted by Crippen LogP contribution is -2.32. The highest BCUT2D eigenvalue weighted by Gasteiger charge is 2.31. The molecule has 4 nitrogen and oxygen atoms in total. The molecule has 216 valence electrons. The van der Waals surface area contributed by atoms with Gasteiger partial charge in [0.15, 0.2) is 0 Å². The molecule has 0 spiro atoms. The third-order valence-corrected chi connectivity index (χ3v) is 8.63. The Hall–Kier alpha value is -2.18. The summed E-state index contributed by atoms with van der Waals surface area (Å²) in [6.07, 6.45) is 4.24. The standard InChI is InChI=1S/C32H46ClFO4Si/c1-8-9-10-26(31(36)38-32(2,3)4)21-27(30(35)37-19-20-39(5,6)7)16-13-23-11-14-24(15-12-23)25-17-18-29(34)28(33)22-25/h11-12,14-15,17-18,22,26-27H,8-10,13,16,19-21H2,1-7H3/t26-,27+/m0/s1. The van der Waals surface area contributed by atoms with Gasteiger partial charge >= 0.3 is 11.9 Å². The predicted octanol–water partition coefficient (Wildman–Crippen LogP) is 9.11. The predicted molar refractivity (Wildman–Crippen MR) is 161 cm³/mol. The van der Waals surface area contributed by atoms with E-state index in [4.69, 9.17) is 21.1 Å². The fraction of sp³-hybridized carbons (Fsp3) is 0.562. The van der Waals surface area contributed by atoms with Crippen LogP contribution in [0.5, 0.6) is 0 Å². The first-order valence-electron chi connectivity index (χ1n) is 14.1. The molecule has 0 amide bonds. The van der Waals surface area contributed by atoms with Crippen molar-refractivity contribution < 1.29 is 23.5 Å². The van der Waals surface area contributed by atoms with Crippen LogP contribution in [-0.4, -0.2) is 32.2 Å². The number of esters is 2. The van der Waals surface area contributed by atoms with E-state index < -0.39 is 25.4 Å². The van der Waals surface area contributed by atoms with E-state index in [0.717, 1.165) is 35.6 Å². The Bertz CT molecular complexity index is 1070. The Labute approximate surface area is 240 Å². The lowest BCUT2D eigenvalue weighted by atomic mass is 9.86. The van der Waals surface area contributed by atoms with Crippen LogP contribution in [0.25, 0.3) is 11.1 Å². The highest BCUT2D eigenvalue weighted by atomic mass is 35.5. The van der Waals surface area contributed by atoms with E-state index in [2.05, 4.69) is 26.6 Å². The molecule has 0 saturated carbocycles. The molecule has 0 N–H and O–H groups in total. The van der Waals surface area contributed by atoms with E-state index in [1.54, 1.807) is 12.1 Å². The molecule has 2 aromatic carbocycles. The number of ether oxygens (including phenoxy) is 2. The second kappa shape index (κ2) is 15.0. The van der Waals surface area contributed by atoms with Crippen LogP contribution < -0.4 is 0 Å². The molecule has 0 aromatic heterocycles. The smallest absolute Gasteiger partial charge is 0.309 e. The van der Waals surface area contributed by atoms with Gasteiger partial charge in [0.25, 0.3) is 0 Å². The molecule has 0 saturated heterocycles. The lowest BCUT2D eigenvalue weighted by molar-refractivity contribution is -0.162. The van der Waals surface area contributed by atoms with E-state index in [0.29, 0.717) is 32.3 Å². The van der Waals surface area contributed by atoms with Gasteiger partial charge in [0.2, 0.25) is 0 Å². The van der Waals surface area contributed by atoms with E-state index in [-0.39, 0.29) is 22.9 Å². The lowest BCUT2D eigenvalue weighted by Gasteiger charge is -2.26. The quantitative estimate of drug-likeness (QED) is 0.166. The summed E-state index contributed by atoms with van der Waals surface area (Å²) in [5.41, 5.74) is 2.28. The zero-order valence-corrected chi connectivity index (χ0v) is 26.5. The van der Waals surface area contributed by atoms with Gasteiger partial charge in [-0.05, 0) is 81.3 Å². The summed E-state index contributed by atoms with van der Waals surface area (Å²) < 4.78 is 25.0. The van der Waals surface area contributed by atoms with Crippen molar-refractivity contribution in [2.24, 2.45) is 11.8 Å². The summed E-state index contributed by atoms with van der Waals surface area (Å²) in [6.45, 7) is 14.9. The third kappa shape index (κ3) is 12.3. The Morgan fingerprint density at radius 1 is 0.949 bits per heavy atom. The molecule has 0 aliphatic heterocycles. The fourth-order valence-corrected chi connectivity index (χ4v) is 5.19. The molecule has 0 heterocycles. The minimum atomic E-state index is -1.34. The van der Waals surface area contributed by atoms with Crippen molar-refractivity contribution in [1.29, 1.82) is 0 Å². The van der Waals surface area contributed by atoms with Gasteiger partial charge in [0.05, 0.1) is 23.5 Å². The third-order valence-electron chi connectivity index (χ3n) is 6.63. The van der Waals surface area contributed by atoms with Crippen molar-refractivity contribution in [3.05, 3.63) is 58.9 Å². The Morgan fingerprint density at radius 3 is 2.13 bits per heavy atom. The number of carbonyl (C=O) groups excluding carboxylic acids is 2. The second-order valence-corrected chi connectivity index (χ2v) is 18.7. The maximum Gasteiger partial charge on any atom is 0.309 e. The first kappa shape index (κ1) is 33.0. The van der Waals surface area contributed by atoms with Crippen molar-refractivity contribution >= 4 is 31.6 Å². The van der Waals surface area contributed by atoms with E-state index in [1.807, 2.05) is 45.0 Å². The van der Waals surface area contributed by atoms with Crippen molar-refractivity contribution in [3.8, 4) is 11.1 Å². The summed E-state index contributed by atoms with van der Waals surface area (Å²) in [4.78, 5) is 26.3.